The van der Waals surface area contributed by atoms with E-state index in [-0.39, 0.29) is 0 Å². The molecule has 0 unspecified atom stereocenters. The molecule has 0 bridgehead atoms. The molecule has 2 aromatic carbocycles. The molecular formula is C22H18ClN3O4S. The van der Waals surface area contributed by atoms with Gasteiger partial charge in [-0.25, -0.2) is 0 Å². The summed E-state index contributed by atoms with van der Waals surface area (Å²) in [6, 6.07) is 16.3. The van der Waals surface area contributed by atoms with Crippen LogP contribution in [0.3, 0.4) is 0 Å². The topological polar surface area (TPSA) is 90.4 Å². The van der Waals surface area contributed by atoms with Gasteiger partial charge in [-0.1, -0.05) is 35.5 Å². The zero-order valence-electron chi connectivity index (χ0n) is 16.5. The van der Waals surface area contributed by atoms with Crippen molar-refractivity contribution in [2.75, 3.05) is 6.61 Å². The van der Waals surface area contributed by atoms with Gasteiger partial charge < -0.3 is 14.3 Å². The van der Waals surface area contributed by atoms with Crippen LogP contribution in [-0.2, 0) is 5.75 Å². The fraction of sp³-hybridized carbons (Fsp3) is 0.136. The van der Waals surface area contributed by atoms with Crippen molar-refractivity contribution in [2.45, 2.75) is 17.8 Å². The van der Waals surface area contributed by atoms with Crippen molar-refractivity contribution in [3.63, 3.8) is 0 Å². The Kier molecular flexibility index (Phi) is 6.29. The first-order valence-electron chi connectivity index (χ1n) is 9.44. The average molecular weight is 456 g/mol. The van der Waals surface area contributed by atoms with Crippen LogP contribution in [0.2, 0.25) is 5.02 Å². The smallest absolute Gasteiger partial charge is 0.226 e. The highest BCUT2D eigenvalue weighted by molar-refractivity contribution is 7.98. The largest absolute Gasteiger partial charge is 0.502 e. The summed E-state index contributed by atoms with van der Waals surface area (Å²) in [4.78, 5) is 11.7. The highest BCUT2D eigenvalue weighted by Crippen LogP contribution is 2.33. The Balaban J connectivity index is 1.73. The predicted molar refractivity (Wildman–Crippen MR) is 119 cm³/mol. The van der Waals surface area contributed by atoms with Gasteiger partial charge in [-0.15, -0.1) is 10.2 Å². The summed E-state index contributed by atoms with van der Waals surface area (Å²) < 4.78 is 12.7. The number of aromatic hydroxyl groups is 1. The molecule has 1 N–H and O–H groups in total. The van der Waals surface area contributed by atoms with Gasteiger partial charge in [0.25, 0.3) is 0 Å². The maximum Gasteiger partial charge on any atom is 0.226 e. The van der Waals surface area contributed by atoms with E-state index in [4.69, 9.17) is 20.8 Å². The van der Waals surface area contributed by atoms with E-state index in [0.29, 0.717) is 34.1 Å². The van der Waals surface area contributed by atoms with E-state index in [9.17, 15) is 9.90 Å². The summed E-state index contributed by atoms with van der Waals surface area (Å²) in [7, 11) is 0. The predicted octanol–water partition coefficient (Wildman–Crippen LogP) is 4.94. The number of thioether (sulfide) groups is 1. The van der Waals surface area contributed by atoms with Crippen LogP contribution in [0.1, 0.15) is 12.7 Å². The lowest BCUT2D eigenvalue weighted by atomic mass is 10.2. The number of ether oxygens (including phenoxy) is 1. The number of rotatable bonds is 7. The summed E-state index contributed by atoms with van der Waals surface area (Å²) >= 11 is 7.76. The van der Waals surface area contributed by atoms with Crippen molar-refractivity contribution in [1.29, 1.82) is 0 Å². The number of aromatic nitrogens is 3. The van der Waals surface area contributed by atoms with Gasteiger partial charge >= 0.3 is 0 Å². The molecule has 0 radical (unpaired) electrons. The van der Waals surface area contributed by atoms with Crippen molar-refractivity contribution < 1.29 is 14.3 Å². The summed E-state index contributed by atoms with van der Waals surface area (Å²) in [5.74, 6) is 1.66. The molecule has 0 fully saturated rings. The lowest BCUT2D eigenvalue weighted by Crippen LogP contribution is -2.02. The molecule has 4 rings (SSSR count). The summed E-state index contributed by atoms with van der Waals surface area (Å²) in [6.07, 6.45) is 1.03. The molecular weight excluding hydrogens is 438 g/mol. The number of halogens is 1. The van der Waals surface area contributed by atoms with Gasteiger partial charge in [-0.3, -0.25) is 9.36 Å². The highest BCUT2D eigenvalue weighted by atomic mass is 35.5. The van der Waals surface area contributed by atoms with Crippen molar-refractivity contribution in [1.82, 2.24) is 14.8 Å². The number of nitrogens with zero attached hydrogens (tertiary/aromatic N) is 3. The maximum atomic E-state index is 11.7. The molecule has 9 heteroatoms. The standard InChI is InChI=1S/C22H18ClN3O4S/c1-2-29-15-9-7-14(8-10-15)26-21(17-5-3-4-6-18(17)23)24-25-22(26)31-13-16-11-19(27)20(28)12-30-16/h3-12,28H,2,13H2,1H3. The summed E-state index contributed by atoms with van der Waals surface area (Å²) in [5, 5.41) is 19.2. The Hall–Kier alpha value is -3.23. The fourth-order valence-corrected chi connectivity index (χ4v) is 3.99. The molecule has 0 saturated heterocycles. The number of hydrogen-bond donors (Lipinski definition) is 1. The first kappa shape index (κ1) is 21.0. The van der Waals surface area contributed by atoms with Gasteiger partial charge in [0.05, 0.1) is 17.4 Å². The van der Waals surface area contributed by atoms with Crippen LogP contribution in [0.5, 0.6) is 11.5 Å². The van der Waals surface area contributed by atoms with Crippen molar-refractivity contribution in [3.8, 4) is 28.6 Å². The van der Waals surface area contributed by atoms with Gasteiger partial charge in [0.2, 0.25) is 5.43 Å². The normalized spacial score (nSPS) is 10.9. The summed E-state index contributed by atoms with van der Waals surface area (Å²) in [6.45, 7) is 2.51. The van der Waals surface area contributed by atoms with Crippen molar-refractivity contribution in [3.05, 3.63) is 81.9 Å². The second kappa shape index (κ2) is 9.28. The second-order valence-corrected chi connectivity index (χ2v) is 7.78. The third-order valence-electron chi connectivity index (χ3n) is 4.36. The minimum absolute atomic E-state index is 0.327. The van der Waals surface area contributed by atoms with E-state index >= 15 is 0 Å². The van der Waals surface area contributed by atoms with Gasteiger partial charge in [-0.05, 0) is 43.3 Å². The highest BCUT2D eigenvalue weighted by Gasteiger charge is 2.18. The Labute approximate surface area is 187 Å². The van der Waals surface area contributed by atoms with Crippen LogP contribution in [0.25, 0.3) is 17.1 Å². The molecule has 0 amide bonds. The molecule has 2 heterocycles. The van der Waals surface area contributed by atoms with E-state index in [1.54, 1.807) is 6.07 Å². The van der Waals surface area contributed by atoms with Crippen LogP contribution in [0, 0.1) is 0 Å². The average Bonchev–Trinajstić information content (AvgIpc) is 3.19. The molecule has 158 valence electrons. The van der Waals surface area contributed by atoms with Gasteiger partial charge in [0, 0.05) is 17.3 Å². The van der Waals surface area contributed by atoms with Crippen molar-refractivity contribution in [2.24, 2.45) is 0 Å². The van der Waals surface area contributed by atoms with E-state index in [1.807, 2.05) is 54.0 Å². The number of hydrogen-bond acceptors (Lipinski definition) is 7. The van der Waals surface area contributed by atoms with E-state index in [2.05, 4.69) is 10.2 Å². The Morgan fingerprint density at radius 3 is 2.65 bits per heavy atom. The van der Waals surface area contributed by atoms with E-state index in [1.165, 1.54) is 17.8 Å². The van der Waals surface area contributed by atoms with Gasteiger partial charge in [-0.2, -0.15) is 0 Å². The van der Waals surface area contributed by atoms with Crippen LogP contribution >= 0.6 is 23.4 Å². The molecule has 2 aromatic heterocycles. The van der Waals surface area contributed by atoms with E-state index in [0.717, 1.165) is 23.3 Å². The van der Waals surface area contributed by atoms with Crippen LogP contribution in [-0.4, -0.2) is 26.5 Å². The molecule has 0 aliphatic carbocycles. The summed E-state index contributed by atoms with van der Waals surface area (Å²) in [5.41, 5.74) is 1.08. The van der Waals surface area contributed by atoms with Gasteiger partial charge in [0.15, 0.2) is 16.7 Å². The zero-order chi connectivity index (χ0) is 21.8. The Morgan fingerprint density at radius 1 is 1.16 bits per heavy atom. The van der Waals surface area contributed by atoms with Gasteiger partial charge in [0.1, 0.15) is 17.8 Å². The quantitative estimate of drug-likeness (QED) is 0.395. The molecule has 0 aliphatic heterocycles. The molecule has 0 spiro atoms. The minimum Gasteiger partial charge on any atom is -0.502 e. The SMILES string of the molecule is CCOc1ccc(-n2c(SCc3cc(=O)c(O)co3)nnc2-c2ccccc2Cl)cc1. The lowest BCUT2D eigenvalue weighted by molar-refractivity contribution is 0.340. The maximum absolute atomic E-state index is 11.7. The minimum atomic E-state index is -0.494. The van der Waals surface area contributed by atoms with E-state index < -0.39 is 11.2 Å². The third-order valence-corrected chi connectivity index (χ3v) is 5.64. The molecule has 0 saturated carbocycles. The molecule has 0 atom stereocenters. The monoisotopic (exact) mass is 455 g/mol. The fourth-order valence-electron chi connectivity index (χ4n) is 2.93. The third kappa shape index (κ3) is 4.60. The molecule has 4 aromatic rings. The zero-order valence-corrected chi connectivity index (χ0v) is 18.1. The first-order chi connectivity index (χ1) is 15.1. The second-order valence-electron chi connectivity index (χ2n) is 6.43. The first-order valence-corrected chi connectivity index (χ1v) is 10.8. The molecule has 31 heavy (non-hydrogen) atoms. The molecule has 0 aliphatic rings. The number of benzene rings is 2. The van der Waals surface area contributed by atoms with Crippen LogP contribution in [0.15, 0.2) is 75.2 Å². The Bertz CT molecular complexity index is 1250. The lowest BCUT2D eigenvalue weighted by Gasteiger charge is -2.12. The van der Waals surface area contributed by atoms with Crippen LogP contribution in [0.4, 0.5) is 0 Å². The van der Waals surface area contributed by atoms with Crippen LogP contribution < -0.4 is 10.2 Å². The van der Waals surface area contributed by atoms with Crippen molar-refractivity contribution >= 4 is 23.4 Å². The molecule has 7 nitrogen and oxygen atoms in total. The Morgan fingerprint density at radius 2 is 1.94 bits per heavy atom.